The molecule has 114 valence electrons. The van der Waals surface area contributed by atoms with Crippen molar-refractivity contribution in [2.24, 2.45) is 0 Å². The molecule has 2 saturated heterocycles. The first-order valence-corrected chi connectivity index (χ1v) is 8.04. The van der Waals surface area contributed by atoms with E-state index in [4.69, 9.17) is 4.98 Å². The normalized spacial score (nSPS) is 22.9. The fourth-order valence-electron chi connectivity index (χ4n) is 3.79. The van der Waals surface area contributed by atoms with Gasteiger partial charge in [0.05, 0.1) is 5.69 Å². The molecule has 2 fully saturated rings. The zero-order chi connectivity index (χ0) is 15.2. The molecule has 2 aliphatic rings. The molecule has 1 N–H and O–H groups in total. The van der Waals surface area contributed by atoms with Gasteiger partial charge in [0.25, 0.3) is 0 Å². The molecule has 5 rings (SSSR count). The van der Waals surface area contributed by atoms with E-state index >= 15 is 0 Å². The van der Waals surface area contributed by atoms with Gasteiger partial charge in [0.1, 0.15) is 5.82 Å². The van der Waals surface area contributed by atoms with Gasteiger partial charge >= 0.3 is 0 Å². The average molecular weight is 303 g/mol. The Kier molecular flexibility index (Phi) is 2.81. The SMILES string of the molecule is c1cc(-c2cc3cnccc3c(N3CC4CC3CN4)n2)ccn1. The van der Waals surface area contributed by atoms with Crippen LogP contribution in [0.15, 0.2) is 49.1 Å². The lowest BCUT2D eigenvalue weighted by molar-refractivity contribution is 0.578. The van der Waals surface area contributed by atoms with Gasteiger partial charge in [-0.1, -0.05) is 0 Å². The number of hydrogen-bond donors (Lipinski definition) is 1. The number of nitrogens with zero attached hydrogens (tertiary/aromatic N) is 4. The number of piperazine rings is 1. The van der Waals surface area contributed by atoms with Crippen LogP contribution in [0, 0.1) is 0 Å². The number of anilines is 1. The Balaban J connectivity index is 1.70. The van der Waals surface area contributed by atoms with E-state index in [0.717, 1.165) is 35.6 Å². The highest BCUT2D eigenvalue weighted by atomic mass is 15.3. The predicted molar refractivity (Wildman–Crippen MR) is 90.3 cm³/mol. The lowest BCUT2D eigenvalue weighted by atomic mass is 10.1. The average Bonchev–Trinajstić information content (AvgIpc) is 3.25. The molecule has 0 amide bonds. The molecule has 2 aliphatic heterocycles. The monoisotopic (exact) mass is 303 g/mol. The number of hydrogen-bond acceptors (Lipinski definition) is 5. The van der Waals surface area contributed by atoms with Gasteiger partial charge in [-0.05, 0) is 30.7 Å². The number of pyridine rings is 3. The van der Waals surface area contributed by atoms with Crippen LogP contribution in [0.1, 0.15) is 6.42 Å². The first-order valence-electron chi connectivity index (χ1n) is 8.04. The predicted octanol–water partition coefficient (Wildman–Crippen LogP) is 2.24. The Morgan fingerprint density at radius 1 is 1.09 bits per heavy atom. The lowest BCUT2D eigenvalue weighted by Gasteiger charge is -2.29. The van der Waals surface area contributed by atoms with Gasteiger partial charge in [-0.3, -0.25) is 9.97 Å². The molecule has 0 radical (unpaired) electrons. The quantitative estimate of drug-likeness (QED) is 0.787. The van der Waals surface area contributed by atoms with Crippen molar-refractivity contribution >= 4 is 16.6 Å². The lowest BCUT2D eigenvalue weighted by Crippen LogP contribution is -2.44. The van der Waals surface area contributed by atoms with Crippen molar-refractivity contribution in [3.8, 4) is 11.3 Å². The Labute approximate surface area is 134 Å². The van der Waals surface area contributed by atoms with Crippen molar-refractivity contribution in [2.75, 3.05) is 18.0 Å². The third-order valence-electron chi connectivity index (χ3n) is 4.92. The molecule has 0 aromatic carbocycles. The smallest absolute Gasteiger partial charge is 0.137 e. The number of rotatable bonds is 2. The topological polar surface area (TPSA) is 53.9 Å². The van der Waals surface area contributed by atoms with Gasteiger partial charge in [-0.2, -0.15) is 0 Å². The molecule has 0 spiro atoms. The molecule has 5 nitrogen and oxygen atoms in total. The molecule has 23 heavy (non-hydrogen) atoms. The van der Waals surface area contributed by atoms with Gasteiger partial charge in [0, 0.05) is 66.3 Å². The van der Waals surface area contributed by atoms with Crippen LogP contribution in [-0.4, -0.2) is 40.1 Å². The summed E-state index contributed by atoms with van der Waals surface area (Å²) in [5.41, 5.74) is 2.08. The second-order valence-electron chi connectivity index (χ2n) is 6.31. The maximum atomic E-state index is 5.01. The Morgan fingerprint density at radius 3 is 2.74 bits per heavy atom. The van der Waals surface area contributed by atoms with Gasteiger partial charge in [-0.25, -0.2) is 4.98 Å². The minimum Gasteiger partial charge on any atom is -0.350 e. The molecular formula is C18H17N5. The fourth-order valence-corrected chi connectivity index (χ4v) is 3.79. The standard InChI is InChI=1S/C18H17N5/c1-4-19-5-2-12(1)17-7-13-9-20-6-3-16(13)18(22-17)23-11-14-8-15(23)10-21-14/h1-7,9,14-15,21H,8,10-11H2. The van der Waals surface area contributed by atoms with E-state index in [2.05, 4.69) is 32.3 Å². The van der Waals surface area contributed by atoms with Crippen molar-refractivity contribution in [1.29, 1.82) is 0 Å². The highest BCUT2D eigenvalue weighted by molar-refractivity contribution is 5.94. The Hall–Kier alpha value is -2.53. The van der Waals surface area contributed by atoms with Crippen LogP contribution in [-0.2, 0) is 0 Å². The molecule has 3 aromatic rings. The van der Waals surface area contributed by atoms with E-state index in [1.807, 2.05) is 36.9 Å². The van der Waals surface area contributed by atoms with Crippen LogP contribution < -0.4 is 10.2 Å². The Morgan fingerprint density at radius 2 is 1.96 bits per heavy atom. The van der Waals surface area contributed by atoms with E-state index < -0.39 is 0 Å². The van der Waals surface area contributed by atoms with Crippen molar-refractivity contribution in [3.63, 3.8) is 0 Å². The van der Waals surface area contributed by atoms with Crippen molar-refractivity contribution < 1.29 is 0 Å². The molecule has 0 aliphatic carbocycles. The van der Waals surface area contributed by atoms with Gasteiger partial charge < -0.3 is 10.2 Å². The largest absolute Gasteiger partial charge is 0.350 e. The van der Waals surface area contributed by atoms with Crippen molar-refractivity contribution in [3.05, 3.63) is 49.1 Å². The second kappa shape index (κ2) is 4.99. The third kappa shape index (κ3) is 2.08. The molecular weight excluding hydrogens is 286 g/mol. The minimum atomic E-state index is 0.552. The van der Waals surface area contributed by atoms with Crippen molar-refractivity contribution in [2.45, 2.75) is 18.5 Å². The van der Waals surface area contributed by atoms with E-state index in [9.17, 15) is 0 Å². The molecule has 2 bridgehead atoms. The van der Waals surface area contributed by atoms with Gasteiger partial charge in [0.2, 0.25) is 0 Å². The Bertz CT molecular complexity index is 864. The fraction of sp³-hybridized carbons (Fsp3) is 0.278. The summed E-state index contributed by atoms with van der Waals surface area (Å²) in [6.45, 7) is 2.09. The summed E-state index contributed by atoms with van der Waals surface area (Å²) in [6, 6.07) is 9.36. The summed E-state index contributed by atoms with van der Waals surface area (Å²) in [5.74, 6) is 1.09. The van der Waals surface area contributed by atoms with Crippen LogP contribution >= 0.6 is 0 Å². The van der Waals surface area contributed by atoms with E-state index in [1.54, 1.807) is 0 Å². The molecule has 3 aromatic heterocycles. The van der Waals surface area contributed by atoms with Gasteiger partial charge in [-0.15, -0.1) is 0 Å². The molecule has 2 unspecified atom stereocenters. The minimum absolute atomic E-state index is 0.552. The maximum Gasteiger partial charge on any atom is 0.137 e. The summed E-state index contributed by atoms with van der Waals surface area (Å²) < 4.78 is 0. The number of aromatic nitrogens is 3. The van der Waals surface area contributed by atoms with E-state index in [-0.39, 0.29) is 0 Å². The molecule has 0 saturated carbocycles. The zero-order valence-electron chi connectivity index (χ0n) is 12.7. The van der Waals surface area contributed by atoms with Crippen LogP contribution in [0.4, 0.5) is 5.82 Å². The van der Waals surface area contributed by atoms with Gasteiger partial charge in [0.15, 0.2) is 0 Å². The van der Waals surface area contributed by atoms with Crippen molar-refractivity contribution in [1.82, 2.24) is 20.3 Å². The zero-order valence-corrected chi connectivity index (χ0v) is 12.7. The highest BCUT2D eigenvalue weighted by Gasteiger charge is 2.38. The summed E-state index contributed by atoms with van der Waals surface area (Å²) in [6.07, 6.45) is 8.62. The van der Waals surface area contributed by atoms with Crippen LogP contribution in [0.25, 0.3) is 22.0 Å². The maximum absolute atomic E-state index is 5.01. The highest BCUT2D eigenvalue weighted by Crippen LogP contribution is 2.35. The van der Waals surface area contributed by atoms with Crippen LogP contribution in [0.2, 0.25) is 0 Å². The molecule has 5 heteroatoms. The van der Waals surface area contributed by atoms with Crippen LogP contribution in [0.5, 0.6) is 0 Å². The summed E-state index contributed by atoms with van der Waals surface area (Å²) in [5, 5.41) is 5.88. The third-order valence-corrected chi connectivity index (χ3v) is 4.92. The first kappa shape index (κ1) is 13.0. The molecule has 5 heterocycles. The van der Waals surface area contributed by atoms with E-state index in [1.165, 1.54) is 11.8 Å². The van der Waals surface area contributed by atoms with Crippen LogP contribution in [0.3, 0.4) is 0 Å². The van der Waals surface area contributed by atoms with E-state index in [0.29, 0.717) is 12.1 Å². The number of nitrogens with one attached hydrogen (secondary N) is 1. The summed E-state index contributed by atoms with van der Waals surface area (Å²) in [4.78, 5) is 15.9. The number of fused-ring (bicyclic) bond motifs is 3. The summed E-state index contributed by atoms with van der Waals surface area (Å²) >= 11 is 0. The second-order valence-corrected chi connectivity index (χ2v) is 6.31. The summed E-state index contributed by atoms with van der Waals surface area (Å²) in [7, 11) is 0. The first-order chi connectivity index (χ1) is 11.4. The molecule has 2 atom stereocenters.